The van der Waals surface area contributed by atoms with Crippen LogP contribution in [0.25, 0.3) is 11.0 Å². The van der Waals surface area contributed by atoms with Gasteiger partial charge < -0.3 is 9.88 Å². The van der Waals surface area contributed by atoms with Gasteiger partial charge in [0.2, 0.25) is 5.91 Å². The molecule has 0 saturated heterocycles. The largest absolute Gasteiger partial charge is 0.343 e. The number of rotatable bonds is 5. The SMILES string of the molecule is C=CC(=O)NC(C)c1nc2ccccc2n1Cc1ccc(C(C)(C)C)cc1. The summed E-state index contributed by atoms with van der Waals surface area (Å²) < 4.78 is 2.18. The summed E-state index contributed by atoms with van der Waals surface area (Å²) >= 11 is 0. The molecule has 3 rings (SSSR count). The van der Waals surface area contributed by atoms with Crippen molar-refractivity contribution in [1.82, 2.24) is 14.9 Å². The second-order valence-corrected chi connectivity index (χ2v) is 7.93. The lowest BCUT2D eigenvalue weighted by molar-refractivity contribution is -0.117. The minimum Gasteiger partial charge on any atom is -0.343 e. The molecule has 0 aliphatic heterocycles. The summed E-state index contributed by atoms with van der Waals surface area (Å²) in [5.74, 6) is 0.641. The van der Waals surface area contributed by atoms with Gasteiger partial charge >= 0.3 is 0 Å². The van der Waals surface area contributed by atoms with E-state index in [1.807, 2.05) is 25.1 Å². The lowest BCUT2D eigenvalue weighted by Crippen LogP contribution is -2.27. The molecule has 0 aliphatic rings. The summed E-state index contributed by atoms with van der Waals surface area (Å²) in [6, 6.07) is 16.6. The number of fused-ring (bicyclic) bond motifs is 1. The average Bonchev–Trinajstić information content (AvgIpc) is 3.00. The molecule has 27 heavy (non-hydrogen) atoms. The van der Waals surface area contributed by atoms with Crippen molar-refractivity contribution in [1.29, 1.82) is 0 Å². The molecule has 2 aromatic carbocycles. The van der Waals surface area contributed by atoms with Crippen LogP contribution in [0.4, 0.5) is 0 Å². The van der Waals surface area contributed by atoms with E-state index in [-0.39, 0.29) is 17.4 Å². The number of imidazole rings is 1. The molecule has 0 radical (unpaired) electrons. The normalized spacial score (nSPS) is 12.7. The number of hydrogen-bond acceptors (Lipinski definition) is 2. The first-order valence-corrected chi connectivity index (χ1v) is 9.27. The van der Waals surface area contributed by atoms with Gasteiger partial charge in [0.1, 0.15) is 5.82 Å². The highest BCUT2D eigenvalue weighted by molar-refractivity contribution is 5.87. The monoisotopic (exact) mass is 361 g/mol. The predicted octanol–water partition coefficient (Wildman–Crippen LogP) is 4.75. The third-order valence-electron chi connectivity index (χ3n) is 4.78. The van der Waals surface area contributed by atoms with Crippen LogP contribution < -0.4 is 5.32 Å². The van der Waals surface area contributed by atoms with Crippen LogP contribution in [0.5, 0.6) is 0 Å². The van der Waals surface area contributed by atoms with Gasteiger partial charge in [-0.2, -0.15) is 0 Å². The fourth-order valence-corrected chi connectivity index (χ4v) is 3.22. The smallest absolute Gasteiger partial charge is 0.243 e. The van der Waals surface area contributed by atoms with Gasteiger partial charge in [-0.1, -0.05) is 63.7 Å². The molecule has 4 heteroatoms. The third-order valence-corrected chi connectivity index (χ3v) is 4.78. The molecular formula is C23H27N3O. The van der Waals surface area contributed by atoms with Gasteiger partial charge in [0, 0.05) is 6.54 Å². The highest BCUT2D eigenvalue weighted by Gasteiger charge is 2.18. The minimum absolute atomic E-state index is 0.134. The number of carbonyl (C=O) groups excluding carboxylic acids is 1. The van der Waals surface area contributed by atoms with Crippen molar-refractivity contribution in [2.24, 2.45) is 0 Å². The number of amides is 1. The number of nitrogens with one attached hydrogen (secondary N) is 1. The Balaban J connectivity index is 1.98. The molecule has 0 saturated carbocycles. The fourth-order valence-electron chi connectivity index (χ4n) is 3.22. The number of nitrogens with zero attached hydrogens (tertiary/aromatic N) is 2. The van der Waals surface area contributed by atoms with Crippen molar-refractivity contribution < 1.29 is 4.79 Å². The molecule has 0 aliphatic carbocycles. The summed E-state index contributed by atoms with van der Waals surface area (Å²) in [6.07, 6.45) is 1.29. The Bertz CT molecular complexity index is 961. The van der Waals surface area contributed by atoms with Gasteiger partial charge in [0.25, 0.3) is 0 Å². The zero-order valence-corrected chi connectivity index (χ0v) is 16.5. The van der Waals surface area contributed by atoms with E-state index in [0.29, 0.717) is 6.54 Å². The summed E-state index contributed by atoms with van der Waals surface area (Å²) in [7, 11) is 0. The van der Waals surface area contributed by atoms with Crippen molar-refractivity contribution in [3.8, 4) is 0 Å². The molecule has 1 unspecified atom stereocenters. The summed E-state index contributed by atoms with van der Waals surface area (Å²) in [5.41, 5.74) is 4.64. The van der Waals surface area contributed by atoms with Gasteiger partial charge in [-0.15, -0.1) is 0 Å². The van der Waals surface area contributed by atoms with Crippen LogP contribution in [0.15, 0.2) is 61.2 Å². The Morgan fingerprint density at radius 1 is 1.19 bits per heavy atom. The number of para-hydroxylation sites is 2. The maximum Gasteiger partial charge on any atom is 0.243 e. The van der Waals surface area contributed by atoms with Gasteiger partial charge in [-0.05, 0) is 41.7 Å². The Labute approximate surface area is 160 Å². The lowest BCUT2D eigenvalue weighted by Gasteiger charge is -2.20. The van der Waals surface area contributed by atoms with E-state index >= 15 is 0 Å². The summed E-state index contributed by atoms with van der Waals surface area (Å²) in [5, 5.41) is 2.92. The first-order chi connectivity index (χ1) is 12.8. The van der Waals surface area contributed by atoms with Gasteiger partial charge in [0.15, 0.2) is 0 Å². The highest BCUT2D eigenvalue weighted by Crippen LogP contribution is 2.25. The average molecular weight is 361 g/mol. The molecule has 1 amide bonds. The van der Waals surface area contributed by atoms with Crippen LogP contribution in [0.2, 0.25) is 0 Å². The topological polar surface area (TPSA) is 46.9 Å². The first-order valence-electron chi connectivity index (χ1n) is 9.27. The fraction of sp³-hybridized carbons (Fsp3) is 0.304. The standard InChI is InChI=1S/C23H27N3O/c1-6-21(27)24-16(2)22-25-19-9-7-8-10-20(19)26(22)15-17-11-13-18(14-12-17)23(3,4)5/h6-14,16H,1,15H2,2-5H3,(H,24,27). The number of hydrogen-bond donors (Lipinski definition) is 1. The van der Waals surface area contributed by atoms with Crippen molar-refractivity contribution in [2.45, 2.75) is 45.7 Å². The van der Waals surface area contributed by atoms with Crippen molar-refractivity contribution in [3.05, 3.63) is 78.1 Å². The lowest BCUT2D eigenvalue weighted by atomic mass is 9.87. The Morgan fingerprint density at radius 3 is 2.48 bits per heavy atom. The minimum atomic E-state index is -0.211. The van der Waals surface area contributed by atoms with Crippen LogP contribution in [0, 0.1) is 0 Å². The maximum absolute atomic E-state index is 11.7. The van der Waals surface area contributed by atoms with Gasteiger partial charge in [-0.3, -0.25) is 4.79 Å². The van der Waals surface area contributed by atoms with E-state index in [4.69, 9.17) is 4.98 Å². The van der Waals surface area contributed by atoms with E-state index < -0.39 is 0 Å². The molecule has 1 aromatic heterocycles. The summed E-state index contributed by atoms with van der Waals surface area (Å²) in [4.78, 5) is 16.5. The molecule has 0 spiro atoms. The Morgan fingerprint density at radius 2 is 1.85 bits per heavy atom. The quantitative estimate of drug-likeness (QED) is 0.667. The molecule has 1 N–H and O–H groups in total. The van der Waals surface area contributed by atoms with Crippen LogP contribution in [-0.4, -0.2) is 15.5 Å². The first kappa shape index (κ1) is 18.9. The van der Waals surface area contributed by atoms with E-state index in [0.717, 1.165) is 16.9 Å². The van der Waals surface area contributed by atoms with Gasteiger partial charge in [-0.25, -0.2) is 4.98 Å². The Kier molecular flexibility index (Phi) is 5.17. The number of carbonyl (C=O) groups is 1. The molecule has 1 heterocycles. The highest BCUT2D eigenvalue weighted by atomic mass is 16.1. The van der Waals surface area contributed by atoms with Crippen LogP contribution >= 0.6 is 0 Å². The molecule has 140 valence electrons. The molecule has 0 bridgehead atoms. The van der Waals surface area contributed by atoms with Crippen molar-refractivity contribution in [2.75, 3.05) is 0 Å². The predicted molar refractivity (Wildman–Crippen MR) is 111 cm³/mol. The van der Waals surface area contributed by atoms with E-state index in [2.05, 4.69) is 67.6 Å². The zero-order chi connectivity index (χ0) is 19.6. The van der Waals surface area contributed by atoms with Crippen molar-refractivity contribution >= 4 is 16.9 Å². The summed E-state index contributed by atoms with van der Waals surface area (Å²) in [6.45, 7) is 12.8. The van der Waals surface area contributed by atoms with E-state index in [1.165, 1.54) is 17.2 Å². The van der Waals surface area contributed by atoms with E-state index in [9.17, 15) is 4.79 Å². The molecular weight excluding hydrogens is 334 g/mol. The van der Waals surface area contributed by atoms with E-state index in [1.54, 1.807) is 0 Å². The second-order valence-electron chi connectivity index (χ2n) is 7.93. The zero-order valence-electron chi connectivity index (χ0n) is 16.5. The maximum atomic E-state index is 11.7. The van der Waals surface area contributed by atoms with Crippen LogP contribution in [0.3, 0.4) is 0 Å². The molecule has 0 fully saturated rings. The van der Waals surface area contributed by atoms with Crippen LogP contribution in [0.1, 0.15) is 50.7 Å². The second kappa shape index (κ2) is 7.39. The number of benzene rings is 2. The molecule has 4 nitrogen and oxygen atoms in total. The van der Waals surface area contributed by atoms with Gasteiger partial charge in [0.05, 0.1) is 17.1 Å². The number of aromatic nitrogens is 2. The van der Waals surface area contributed by atoms with Crippen molar-refractivity contribution in [3.63, 3.8) is 0 Å². The molecule has 3 aromatic rings. The van der Waals surface area contributed by atoms with Crippen LogP contribution in [-0.2, 0) is 16.8 Å². The molecule has 1 atom stereocenters. The Hall–Kier alpha value is -2.88. The third kappa shape index (κ3) is 4.11.